The quantitative estimate of drug-likeness (QED) is 0.668. The van der Waals surface area contributed by atoms with Crippen LogP contribution in [-0.4, -0.2) is 34.1 Å². The minimum Gasteiger partial charge on any atom is -0.465 e. The molecule has 0 unspecified atom stereocenters. The van der Waals surface area contributed by atoms with E-state index in [0.29, 0.717) is 23.0 Å². The average molecular weight is 327 g/mol. The maximum absolute atomic E-state index is 11.0. The van der Waals surface area contributed by atoms with Crippen molar-refractivity contribution in [2.24, 2.45) is 0 Å². The Morgan fingerprint density at radius 1 is 1.47 bits per heavy atom. The Hall–Kier alpha value is -1.89. The molecule has 0 saturated heterocycles. The van der Waals surface area contributed by atoms with Gasteiger partial charge in [-0.3, -0.25) is 10.1 Å². The summed E-state index contributed by atoms with van der Waals surface area (Å²) in [5, 5.41) is 19.9. The van der Waals surface area contributed by atoms with Gasteiger partial charge in [0.25, 0.3) is 5.69 Å². The molecule has 1 N–H and O–H groups in total. The van der Waals surface area contributed by atoms with E-state index >= 15 is 0 Å². The van der Waals surface area contributed by atoms with Crippen LogP contribution in [0.25, 0.3) is 5.57 Å². The standard InChI is InChI=1S/C12H11BrN2O4/c13-9-1-2-10(11(7-9)15(18)19)8-3-5-14(6-4-8)12(16)17/h1-3,7H,4-6H2,(H,16,17). The third-order valence-corrected chi connectivity index (χ3v) is 3.48. The maximum Gasteiger partial charge on any atom is 0.407 e. The summed E-state index contributed by atoms with van der Waals surface area (Å²) in [6.07, 6.45) is 1.24. The second kappa shape index (κ2) is 5.40. The van der Waals surface area contributed by atoms with Crippen LogP contribution in [0.2, 0.25) is 0 Å². The molecule has 0 spiro atoms. The predicted molar refractivity (Wildman–Crippen MR) is 73.0 cm³/mol. The molecule has 1 amide bonds. The molecule has 1 heterocycles. The molecule has 0 bridgehead atoms. The molecule has 100 valence electrons. The van der Waals surface area contributed by atoms with Gasteiger partial charge in [-0.2, -0.15) is 0 Å². The number of nitro groups is 1. The highest BCUT2D eigenvalue weighted by molar-refractivity contribution is 9.10. The highest BCUT2D eigenvalue weighted by Crippen LogP contribution is 2.32. The van der Waals surface area contributed by atoms with Gasteiger partial charge in [-0.1, -0.05) is 22.0 Å². The van der Waals surface area contributed by atoms with Gasteiger partial charge in [0.1, 0.15) is 0 Å². The Morgan fingerprint density at radius 3 is 2.74 bits per heavy atom. The van der Waals surface area contributed by atoms with Crippen molar-refractivity contribution in [3.05, 3.63) is 44.4 Å². The normalized spacial score (nSPS) is 15.0. The molecule has 0 saturated carbocycles. The summed E-state index contributed by atoms with van der Waals surface area (Å²) in [5.41, 5.74) is 1.40. The van der Waals surface area contributed by atoms with E-state index in [0.717, 1.165) is 5.57 Å². The van der Waals surface area contributed by atoms with Crippen LogP contribution < -0.4 is 0 Å². The zero-order valence-electron chi connectivity index (χ0n) is 9.88. The first-order valence-electron chi connectivity index (χ1n) is 5.60. The van der Waals surface area contributed by atoms with Gasteiger partial charge < -0.3 is 10.0 Å². The monoisotopic (exact) mass is 326 g/mol. The van der Waals surface area contributed by atoms with E-state index in [2.05, 4.69) is 15.9 Å². The van der Waals surface area contributed by atoms with E-state index in [1.165, 1.54) is 11.0 Å². The third-order valence-electron chi connectivity index (χ3n) is 2.98. The molecular weight excluding hydrogens is 316 g/mol. The Balaban J connectivity index is 2.33. The average Bonchev–Trinajstić information content (AvgIpc) is 2.38. The van der Waals surface area contributed by atoms with Gasteiger partial charge in [0.2, 0.25) is 0 Å². The van der Waals surface area contributed by atoms with E-state index in [4.69, 9.17) is 5.11 Å². The van der Waals surface area contributed by atoms with Gasteiger partial charge in [0, 0.05) is 23.6 Å². The lowest BCUT2D eigenvalue weighted by molar-refractivity contribution is -0.385. The minimum absolute atomic E-state index is 0.0319. The summed E-state index contributed by atoms with van der Waals surface area (Å²) in [7, 11) is 0. The smallest absolute Gasteiger partial charge is 0.407 e. The topological polar surface area (TPSA) is 83.7 Å². The molecule has 1 aliphatic rings. The molecule has 1 aromatic rings. The van der Waals surface area contributed by atoms with Crippen molar-refractivity contribution in [1.82, 2.24) is 4.90 Å². The lowest BCUT2D eigenvalue weighted by Crippen LogP contribution is -2.33. The Kier molecular flexibility index (Phi) is 3.84. The highest BCUT2D eigenvalue weighted by atomic mass is 79.9. The zero-order valence-corrected chi connectivity index (χ0v) is 11.5. The number of rotatable bonds is 2. The predicted octanol–water partition coefficient (Wildman–Crippen LogP) is 3.12. The summed E-state index contributed by atoms with van der Waals surface area (Å²) in [4.78, 5) is 22.7. The SMILES string of the molecule is O=C(O)N1CC=C(c2ccc(Br)cc2[N+](=O)[O-])CC1. The lowest BCUT2D eigenvalue weighted by atomic mass is 9.98. The van der Waals surface area contributed by atoms with Gasteiger partial charge in [-0.25, -0.2) is 4.79 Å². The third kappa shape index (κ3) is 2.93. The van der Waals surface area contributed by atoms with Gasteiger partial charge >= 0.3 is 6.09 Å². The fraction of sp³-hybridized carbons (Fsp3) is 0.250. The zero-order chi connectivity index (χ0) is 14.0. The number of carboxylic acid groups (broad SMARTS) is 1. The number of amides is 1. The molecule has 2 rings (SSSR count). The molecule has 6 nitrogen and oxygen atoms in total. The first kappa shape index (κ1) is 13.5. The van der Waals surface area contributed by atoms with Gasteiger partial charge in [-0.15, -0.1) is 0 Å². The number of halogens is 1. The van der Waals surface area contributed by atoms with Crippen LogP contribution in [0.4, 0.5) is 10.5 Å². The molecular formula is C12H11BrN2O4. The van der Waals surface area contributed by atoms with Crippen molar-refractivity contribution in [3.63, 3.8) is 0 Å². The Labute approximate surface area is 117 Å². The lowest BCUT2D eigenvalue weighted by Gasteiger charge is -2.23. The Bertz CT molecular complexity index is 571. The van der Waals surface area contributed by atoms with Crippen LogP contribution in [-0.2, 0) is 0 Å². The number of hydrogen-bond donors (Lipinski definition) is 1. The van der Waals surface area contributed by atoms with Crippen LogP contribution >= 0.6 is 15.9 Å². The summed E-state index contributed by atoms with van der Waals surface area (Å²) in [6.45, 7) is 0.617. The number of hydrogen-bond acceptors (Lipinski definition) is 3. The molecule has 7 heteroatoms. The van der Waals surface area contributed by atoms with Gasteiger partial charge in [0.05, 0.1) is 10.5 Å². The molecule has 0 atom stereocenters. The summed E-state index contributed by atoms with van der Waals surface area (Å²) in [5.74, 6) is 0. The fourth-order valence-electron chi connectivity index (χ4n) is 2.01. The van der Waals surface area contributed by atoms with Crippen LogP contribution in [0.15, 0.2) is 28.7 Å². The minimum atomic E-state index is -0.972. The highest BCUT2D eigenvalue weighted by Gasteiger charge is 2.22. The van der Waals surface area contributed by atoms with Crippen molar-refractivity contribution in [1.29, 1.82) is 0 Å². The van der Waals surface area contributed by atoms with Crippen LogP contribution in [0.3, 0.4) is 0 Å². The van der Waals surface area contributed by atoms with Crippen molar-refractivity contribution >= 4 is 33.3 Å². The number of nitro benzene ring substituents is 1. The van der Waals surface area contributed by atoms with Crippen molar-refractivity contribution < 1.29 is 14.8 Å². The van der Waals surface area contributed by atoms with Crippen molar-refractivity contribution in [3.8, 4) is 0 Å². The first-order valence-corrected chi connectivity index (χ1v) is 6.39. The maximum atomic E-state index is 11.0. The summed E-state index contributed by atoms with van der Waals surface area (Å²) < 4.78 is 0.645. The van der Waals surface area contributed by atoms with Gasteiger partial charge in [-0.05, 0) is 24.1 Å². The molecule has 1 aliphatic heterocycles. The second-order valence-corrected chi connectivity index (χ2v) is 5.04. The molecule has 0 aromatic heterocycles. The number of nitrogens with zero attached hydrogens (tertiary/aromatic N) is 2. The van der Waals surface area contributed by atoms with Crippen LogP contribution in [0, 0.1) is 10.1 Å². The summed E-state index contributed by atoms with van der Waals surface area (Å²) in [6, 6.07) is 4.89. The molecule has 19 heavy (non-hydrogen) atoms. The van der Waals surface area contributed by atoms with Gasteiger partial charge in [0.15, 0.2) is 0 Å². The van der Waals surface area contributed by atoms with E-state index in [1.54, 1.807) is 18.2 Å². The molecule has 0 fully saturated rings. The molecule has 1 aromatic carbocycles. The van der Waals surface area contributed by atoms with Crippen molar-refractivity contribution in [2.75, 3.05) is 13.1 Å². The largest absolute Gasteiger partial charge is 0.465 e. The summed E-state index contributed by atoms with van der Waals surface area (Å²) >= 11 is 3.21. The van der Waals surface area contributed by atoms with E-state index in [-0.39, 0.29) is 12.2 Å². The fourth-order valence-corrected chi connectivity index (χ4v) is 2.36. The van der Waals surface area contributed by atoms with E-state index in [1.807, 2.05) is 0 Å². The molecule has 0 aliphatic carbocycles. The first-order chi connectivity index (χ1) is 8.99. The van der Waals surface area contributed by atoms with Crippen LogP contribution in [0.1, 0.15) is 12.0 Å². The number of benzene rings is 1. The Morgan fingerprint density at radius 2 is 2.21 bits per heavy atom. The van der Waals surface area contributed by atoms with E-state index < -0.39 is 11.0 Å². The second-order valence-electron chi connectivity index (χ2n) is 4.13. The number of carbonyl (C=O) groups is 1. The van der Waals surface area contributed by atoms with E-state index in [9.17, 15) is 14.9 Å². The van der Waals surface area contributed by atoms with Crippen LogP contribution in [0.5, 0.6) is 0 Å². The molecule has 0 radical (unpaired) electrons. The van der Waals surface area contributed by atoms with Crippen molar-refractivity contribution in [2.45, 2.75) is 6.42 Å².